The molecule has 0 saturated heterocycles. The fraction of sp³-hybridized carbons (Fsp3) is 0.464. The minimum Gasteiger partial charge on any atom is -0.446 e. The molecule has 0 bridgehead atoms. The van der Waals surface area contributed by atoms with Gasteiger partial charge in [0, 0.05) is 39.0 Å². The molecule has 2 atom stereocenters. The van der Waals surface area contributed by atoms with E-state index in [0.29, 0.717) is 0 Å². The van der Waals surface area contributed by atoms with Gasteiger partial charge in [0.05, 0.1) is 23.2 Å². The number of amides is 2. The van der Waals surface area contributed by atoms with Crippen LogP contribution in [0.4, 0.5) is 26.3 Å². The van der Waals surface area contributed by atoms with Crippen molar-refractivity contribution in [2.45, 2.75) is 56.9 Å². The van der Waals surface area contributed by atoms with Gasteiger partial charge in [0.25, 0.3) is 0 Å². The zero-order chi connectivity index (χ0) is 33.2. The van der Waals surface area contributed by atoms with Crippen LogP contribution in [0.15, 0.2) is 42.5 Å². The standard InChI is InChI=1S/C28H36BF6N5O4/c1-29(44)21-14-18(4-7-20(21)28(33,34)35)16-24(41)23(15-17-2-5-19(6-3-17)27(30,31)32)39-26(43)22(38)8-9-25(42)40(12-10-36)13-11-37/h2-7,14,22-23,44H,8-13,15-16,36-38H2,1H3,(H,39,43)/t22-,23+/m0/s1. The molecule has 0 aliphatic rings. The molecule has 242 valence electrons. The minimum absolute atomic E-state index is 0.103. The molecule has 0 radical (unpaired) electrons. The van der Waals surface area contributed by atoms with Crippen LogP contribution in [0.1, 0.15) is 35.1 Å². The number of rotatable bonds is 15. The number of alkyl halides is 6. The fourth-order valence-corrected chi connectivity index (χ4v) is 4.48. The van der Waals surface area contributed by atoms with Crippen LogP contribution in [0.25, 0.3) is 0 Å². The number of hydrogen-bond acceptors (Lipinski definition) is 7. The van der Waals surface area contributed by atoms with Crippen molar-refractivity contribution < 1.29 is 45.8 Å². The number of benzene rings is 2. The predicted molar refractivity (Wildman–Crippen MR) is 153 cm³/mol. The number of nitrogens with two attached hydrogens (primary N) is 3. The first-order chi connectivity index (χ1) is 20.5. The zero-order valence-electron chi connectivity index (χ0n) is 24.0. The number of carbonyl (C=O) groups is 3. The van der Waals surface area contributed by atoms with E-state index < -0.39 is 66.1 Å². The van der Waals surface area contributed by atoms with Crippen LogP contribution in [0, 0.1) is 0 Å². The summed E-state index contributed by atoms with van der Waals surface area (Å²) in [6.45, 7) is 0.536. The summed E-state index contributed by atoms with van der Waals surface area (Å²) in [6.07, 6.45) is -10.3. The lowest BCUT2D eigenvalue weighted by atomic mass is 9.62. The summed E-state index contributed by atoms with van der Waals surface area (Å²) < 4.78 is 79.2. The summed E-state index contributed by atoms with van der Waals surface area (Å²) in [5.41, 5.74) is 14.9. The van der Waals surface area contributed by atoms with E-state index in [1.54, 1.807) is 0 Å². The Morgan fingerprint density at radius 3 is 2.00 bits per heavy atom. The third-order valence-corrected chi connectivity index (χ3v) is 6.83. The second-order valence-electron chi connectivity index (χ2n) is 10.3. The average Bonchev–Trinajstić information content (AvgIpc) is 2.94. The molecule has 0 saturated carbocycles. The number of hydrogen-bond donors (Lipinski definition) is 5. The van der Waals surface area contributed by atoms with Gasteiger partial charge in [0.2, 0.25) is 11.8 Å². The van der Waals surface area contributed by atoms with Crippen molar-refractivity contribution in [1.29, 1.82) is 0 Å². The molecule has 0 unspecified atom stereocenters. The van der Waals surface area contributed by atoms with E-state index in [9.17, 15) is 45.8 Å². The zero-order valence-corrected chi connectivity index (χ0v) is 24.0. The van der Waals surface area contributed by atoms with Crippen LogP contribution in [0.5, 0.6) is 0 Å². The highest BCUT2D eigenvalue weighted by atomic mass is 19.4. The average molecular weight is 631 g/mol. The number of carbonyl (C=O) groups excluding carboxylic acids is 3. The molecule has 0 spiro atoms. The van der Waals surface area contributed by atoms with Gasteiger partial charge >= 0.3 is 19.3 Å². The molecular weight excluding hydrogens is 595 g/mol. The lowest BCUT2D eigenvalue weighted by Gasteiger charge is -2.23. The van der Waals surface area contributed by atoms with Gasteiger partial charge in [-0.25, -0.2) is 0 Å². The quantitative estimate of drug-likeness (QED) is 0.146. The van der Waals surface area contributed by atoms with E-state index >= 15 is 0 Å². The number of nitrogens with one attached hydrogen (secondary N) is 1. The van der Waals surface area contributed by atoms with Gasteiger partial charge in [-0.15, -0.1) is 0 Å². The summed E-state index contributed by atoms with van der Waals surface area (Å²) in [5, 5.41) is 12.4. The molecular formula is C28H36BF6N5O4. The molecule has 0 aromatic heterocycles. The highest BCUT2D eigenvalue weighted by Crippen LogP contribution is 2.30. The molecule has 0 heterocycles. The van der Waals surface area contributed by atoms with Crippen LogP contribution in [-0.2, 0) is 39.6 Å². The van der Waals surface area contributed by atoms with Crippen molar-refractivity contribution in [2.24, 2.45) is 17.2 Å². The Labute approximate surface area is 251 Å². The highest BCUT2D eigenvalue weighted by Gasteiger charge is 2.35. The molecule has 2 aromatic carbocycles. The molecule has 2 amide bonds. The van der Waals surface area contributed by atoms with Gasteiger partial charge in [-0.2, -0.15) is 26.3 Å². The molecule has 2 aromatic rings. The van der Waals surface area contributed by atoms with E-state index in [2.05, 4.69) is 5.32 Å². The Hall–Kier alpha value is -3.47. The summed E-state index contributed by atoms with van der Waals surface area (Å²) in [5.74, 6) is -1.82. The molecule has 16 heteroatoms. The van der Waals surface area contributed by atoms with E-state index in [1.807, 2.05) is 0 Å². The molecule has 0 fully saturated rings. The highest BCUT2D eigenvalue weighted by molar-refractivity contribution is 6.65. The van der Waals surface area contributed by atoms with Crippen molar-refractivity contribution in [2.75, 3.05) is 26.2 Å². The first kappa shape index (κ1) is 36.7. The molecule has 2 rings (SSSR count). The second-order valence-corrected chi connectivity index (χ2v) is 10.3. The summed E-state index contributed by atoms with van der Waals surface area (Å²) in [4.78, 5) is 40.2. The van der Waals surface area contributed by atoms with Crippen LogP contribution in [0.2, 0.25) is 6.82 Å². The van der Waals surface area contributed by atoms with Gasteiger partial charge in [-0.3, -0.25) is 14.4 Å². The third-order valence-electron chi connectivity index (χ3n) is 6.83. The Kier molecular flexibility index (Phi) is 13.4. The summed E-state index contributed by atoms with van der Waals surface area (Å²) in [6, 6.07) is 4.17. The lowest BCUT2D eigenvalue weighted by molar-refractivity contribution is -0.138. The van der Waals surface area contributed by atoms with Gasteiger partial charge in [0.1, 0.15) is 0 Å². The normalized spacial score (nSPS) is 13.2. The Balaban J connectivity index is 2.27. The molecule has 44 heavy (non-hydrogen) atoms. The molecule has 8 N–H and O–H groups in total. The number of halogens is 6. The monoisotopic (exact) mass is 631 g/mol. The Morgan fingerprint density at radius 1 is 0.932 bits per heavy atom. The SMILES string of the molecule is CB(O)c1cc(CC(=O)[C@@H](Cc2ccc(C(F)(F)F)cc2)NC(=O)[C@@H](N)CCC(=O)N(CCN)CCN)ccc1C(F)(F)F. The van der Waals surface area contributed by atoms with Crippen LogP contribution in [-0.4, -0.2) is 72.7 Å². The van der Waals surface area contributed by atoms with Crippen molar-refractivity contribution >= 4 is 30.0 Å². The number of ketones is 1. The summed E-state index contributed by atoms with van der Waals surface area (Å²) >= 11 is 0. The molecule has 9 nitrogen and oxygen atoms in total. The largest absolute Gasteiger partial charge is 0.446 e. The topological polar surface area (TPSA) is 165 Å². The molecule has 0 aliphatic heterocycles. The molecule has 0 aliphatic carbocycles. The van der Waals surface area contributed by atoms with E-state index in [0.717, 1.165) is 49.3 Å². The van der Waals surface area contributed by atoms with E-state index in [-0.39, 0.29) is 62.5 Å². The van der Waals surface area contributed by atoms with Crippen molar-refractivity contribution in [3.05, 3.63) is 64.7 Å². The van der Waals surface area contributed by atoms with Crippen molar-refractivity contribution in [1.82, 2.24) is 10.2 Å². The van der Waals surface area contributed by atoms with Gasteiger partial charge in [-0.1, -0.05) is 37.2 Å². The first-order valence-electron chi connectivity index (χ1n) is 13.8. The third kappa shape index (κ3) is 10.9. The van der Waals surface area contributed by atoms with Gasteiger partial charge in [-0.05, 0) is 41.6 Å². The maximum absolute atomic E-state index is 13.4. The fourth-order valence-electron chi connectivity index (χ4n) is 4.48. The Morgan fingerprint density at radius 2 is 1.50 bits per heavy atom. The maximum Gasteiger partial charge on any atom is 0.416 e. The van der Waals surface area contributed by atoms with Crippen molar-refractivity contribution in [3.63, 3.8) is 0 Å². The van der Waals surface area contributed by atoms with E-state index in [4.69, 9.17) is 17.2 Å². The van der Waals surface area contributed by atoms with Crippen LogP contribution < -0.4 is 28.0 Å². The predicted octanol–water partition coefficient (Wildman–Crippen LogP) is 1.24. The number of Topliss-reactive ketones (excluding diaryl/α,β-unsaturated/α-hetero) is 1. The Bertz CT molecular complexity index is 1270. The van der Waals surface area contributed by atoms with Gasteiger partial charge < -0.3 is 32.4 Å². The lowest BCUT2D eigenvalue weighted by Crippen LogP contribution is -2.50. The minimum atomic E-state index is -4.75. The summed E-state index contributed by atoms with van der Waals surface area (Å²) in [7, 11) is 0. The number of nitrogens with zero attached hydrogens (tertiary/aromatic N) is 1. The van der Waals surface area contributed by atoms with E-state index in [1.165, 1.54) is 4.90 Å². The van der Waals surface area contributed by atoms with Crippen molar-refractivity contribution in [3.8, 4) is 0 Å². The van der Waals surface area contributed by atoms with Crippen LogP contribution in [0.3, 0.4) is 0 Å². The van der Waals surface area contributed by atoms with Gasteiger partial charge in [0.15, 0.2) is 5.78 Å². The second kappa shape index (κ2) is 16.0. The maximum atomic E-state index is 13.4. The first-order valence-corrected chi connectivity index (χ1v) is 13.8. The smallest absolute Gasteiger partial charge is 0.416 e. The van der Waals surface area contributed by atoms with Crippen LogP contribution >= 0.6 is 0 Å².